The number of aliphatic carboxylic acids is 1. The Balaban J connectivity index is 1.92. The quantitative estimate of drug-likeness (QED) is 0.703. The first-order chi connectivity index (χ1) is 7.09. The lowest BCUT2D eigenvalue weighted by Crippen LogP contribution is -2.55. The molecule has 1 saturated heterocycles. The molecule has 1 heterocycles. The number of aliphatic hydroxyl groups is 1. The van der Waals surface area contributed by atoms with Crippen molar-refractivity contribution in [3.05, 3.63) is 0 Å². The summed E-state index contributed by atoms with van der Waals surface area (Å²) in [5.41, 5.74) is 0. The second kappa shape index (κ2) is 4.10. The van der Waals surface area contributed by atoms with Gasteiger partial charge in [0.1, 0.15) is 0 Å². The van der Waals surface area contributed by atoms with E-state index in [0.29, 0.717) is 0 Å². The summed E-state index contributed by atoms with van der Waals surface area (Å²) in [6.45, 7) is 3.72. The SMILES string of the molecule is CC1CN(C2CCC2C(=O)O)CCC1O. The van der Waals surface area contributed by atoms with E-state index in [0.717, 1.165) is 32.4 Å². The Labute approximate surface area is 89.9 Å². The number of hydrogen-bond acceptors (Lipinski definition) is 3. The molecular formula is C11H19NO3. The van der Waals surface area contributed by atoms with Crippen LogP contribution in [-0.4, -0.2) is 46.3 Å². The maximum Gasteiger partial charge on any atom is 0.308 e. The van der Waals surface area contributed by atoms with E-state index in [9.17, 15) is 9.90 Å². The van der Waals surface area contributed by atoms with Gasteiger partial charge in [-0.2, -0.15) is 0 Å². The average Bonchev–Trinajstić information content (AvgIpc) is 2.08. The van der Waals surface area contributed by atoms with Crippen LogP contribution in [0.2, 0.25) is 0 Å². The van der Waals surface area contributed by atoms with E-state index >= 15 is 0 Å². The summed E-state index contributed by atoms with van der Waals surface area (Å²) in [5.74, 6) is -0.564. The Bertz CT molecular complexity index is 256. The Morgan fingerprint density at radius 2 is 2.07 bits per heavy atom. The van der Waals surface area contributed by atoms with Crippen molar-refractivity contribution in [1.82, 2.24) is 4.90 Å². The van der Waals surface area contributed by atoms with Crippen molar-refractivity contribution in [2.24, 2.45) is 11.8 Å². The number of hydrogen-bond donors (Lipinski definition) is 2. The third-order valence-electron chi connectivity index (χ3n) is 3.92. The highest BCUT2D eigenvalue weighted by Crippen LogP contribution is 2.34. The van der Waals surface area contributed by atoms with Gasteiger partial charge in [0.15, 0.2) is 0 Å². The summed E-state index contributed by atoms with van der Waals surface area (Å²) in [7, 11) is 0. The first-order valence-electron chi connectivity index (χ1n) is 5.74. The lowest BCUT2D eigenvalue weighted by Gasteiger charge is -2.46. The van der Waals surface area contributed by atoms with Gasteiger partial charge in [-0.3, -0.25) is 9.69 Å². The molecule has 0 amide bonds. The number of carboxylic acid groups (broad SMARTS) is 1. The zero-order valence-electron chi connectivity index (χ0n) is 9.09. The Hall–Kier alpha value is -0.610. The van der Waals surface area contributed by atoms with Crippen LogP contribution in [0, 0.1) is 11.8 Å². The molecule has 2 rings (SSSR count). The molecular weight excluding hydrogens is 194 g/mol. The highest BCUT2D eigenvalue weighted by molar-refractivity contribution is 5.72. The average molecular weight is 213 g/mol. The molecule has 0 spiro atoms. The lowest BCUT2D eigenvalue weighted by molar-refractivity contribution is -0.150. The van der Waals surface area contributed by atoms with Gasteiger partial charge in [-0.15, -0.1) is 0 Å². The lowest BCUT2D eigenvalue weighted by atomic mass is 9.77. The minimum atomic E-state index is -0.662. The molecule has 1 saturated carbocycles. The number of carbonyl (C=O) groups is 1. The molecule has 0 aromatic rings. The summed E-state index contributed by atoms with van der Waals surface area (Å²) in [5, 5.41) is 18.6. The van der Waals surface area contributed by atoms with Gasteiger partial charge in [0.05, 0.1) is 12.0 Å². The van der Waals surface area contributed by atoms with Crippen molar-refractivity contribution in [3.8, 4) is 0 Å². The largest absolute Gasteiger partial charge is 0.481 e. The summed E-state index contributed by atoms with van der Waals surface area (Å²) < 4.78 is 0. The predicted molar refractivity (Wildman–Crippen MR) is 55.5 cm³/mol. The molecule has 86 valence electrons. The Morgan fingerprint density at radius 1 is 1.33 bits per heavy atom. The van der Waals surface area contributed by atoms with Gasteiger partial charge >= 0.3 is 5.97 Å². The molecule has 2 aliphatic rings. The maximum atomic E-state index is 10.9. The first-order valence-corrected chi connectivity index (χ1v) is 5.74. The third kappa shape index (κ3) is 2.01. The first kappa shape index (κ1) is 10.9. The van der Waals surface area contributed by atoms with Gasteiger partial charge in [-0.1, -0.05) is 6.92 Å². The van der Waals surface area contributed by atoms with E-state index in [1.807, 2.05) is 6.92 Å². The fourth-order valence-electron chi connectivity index (χ4n) is 2.67. The molecule has 4 heteroatoms. The molecule has 0 aromatic carbocycles. The third-order valence-corrected chi connectivity index (χ3v) is 3.92. The fraction of sp³-hybridized carbons (Fsp3) is 0.909. The normalized spacial score (nSPS) is 42.3. The highest BCUT2D eigenvalue weighted by Gasteiger charge is 2.42. The van der Waals surface area contributed by atoms with Crippen LogP contribution in [-0.2, 0) is 4.79 Å². The van der Waals surface area contributed by atoms with Crippen LogP contribution in [0.15, 0.2) is 0 Å². The molecule has 0 radical (unpaired) electrons. The second-order valence-electron chi connectivity index (χ2n) is 4.92. The van der Waals surface area contributed by atoms with Crippen molar-refractivity contribution < 1.29 is 15.0 Å². The minimum Gasteiger partial charge on any atom is -0.481 e. The molecule has 0 bridgehead atoms. The smallest absolute Gasteiger partial charge is 0.308 e. The van der Waals surface area contributed by atoms with Crippen molar-refractivity contribution in [1.29, 1.82) is 0 Å². The van der Waals surface area contributed by atoms with E-state index in [-0.39, 0.29) is 24.0 Å². The van der Waals surface area contributed by atoms with Gasteiger partial charge in [-0.05, 0) is 25.2 Å². The zero-order valence-corrected chi connectivity index (χ0v) is 9.09. The van der Waals surface area contributed by atoms with Gasteiger partial charge in [0.2, 0.25) is 0 Å². The number of nitrogens with zero attached hydrogens (tertiary/aromatic N) is 1. The number of carboxylic acids is 1. The molecule has 4 nitrogen and oxygen atoms in total. The molecule has 4 atom stereocenters. The van der Waals surface area contributed by atoms with Crippen LogP contribution in [0.5, 0.6) is 0 Å². The van der Waals surface area contributed by atoms with Crippen LogP contribution in [0.3, 0.4) is 0 Å². The molecule has 2 fully saturated rings. The highest BCUT2D eigenvalue weighted by atomic mass is 16.4. The summed E-state index contributed by atoms with van der Waals surface area (Å²) >= 11 is 0. The molecule has 2 N–H and O–H groups in total. The van der Waals surface area contributed by atoms with Crippen molar-refractivity contribution >= 4 is 5.97 Å². The van der Waals surface area contributed by atoms with Crippen LogP contribution in [0.1, 0.15) is 26.2 Å². The molecule has 0 aromatic heterocycles. The van der Waals surface area contributed by atoms with Crippen molar-refractivity contribution in [2.75, 3.05) is 13.1 Å². The molecule has 1 aliphatic carbocycles. The fourth-order valence-corrected chi connectivity index (χ4v) is 2.67. The van der Waals surface area contributed by atoms with Crippen LogP contribution < -0.4 is 0 Å². The summed E-state index contributed by atoms with van der Waals surface area (Å²) in [6, 6.07) is 0.220. The molecule has 4 unspecified atom stereocenters. The molecule has 15 heavy (non-hydrogen) atoms. The Kier molecular flexibility index (Phi) is 2.98. The van der Waals surface area contributed by atoms with Gasteiger partial charge in [0.25, 0.3) is 0 Å². The van der Waals surface area contributed by atoms with Gasteiger partial charge < -0.3 is 10.2 Å². The van der Waals surface area contributed by atoms with Gasteiger partial charge in [0, 0.05) is 19.1 Å². The molecule has 1 aliphatic heterocycles. The van der Waals surface area contributed by atoms with E-state index in [1.54, 1.807) is 0 Å². The topological polar surface area (TPSA) is 60.8 Å². The number of rotatable bonds is 2. The number of piperidine rings is 1. The van der Waals surface area contributed by atoms with Crippen LogP contribution in [0.25, 0.3) is 0 Å². The summed E-state index contributed by atoms with van der Waals surface area (Å²) in [6.07, 6.45) is 2.39. The Morgan fingerprint density at radius 3 is 2.53 bits per heavy atom. The summed E-state index contributed by atoms with van der Waals surface area (Å²) in [4.78, 5) is 13.2. The second-order valence-corrected chi connectivity index (χ2v) is 4.92. The van der Waals surface area contributed by atoms with E-state index in [4.69, 9.17) is 5.11 Å². The zero-order chi connectivity index (χ0) is 11.0. The van der Waals surface area contributed by atoms with E-state index < -0.39 is 5.97 Å². The maximum absolute atomic E-state index is 10.9. The van der Waals surface area contributed by atoms with Crippen molar-refractivity contribution in [2.45, 2.75) is 38.3 Å². The monoisotopic (exact) mass is 213 g/mol. The number of likely N-dealkylation sites (tertiary alicyclic amines) is 1. The predicted octanol–water partition coefficient (Wildman–Crippen LogP) is 0.552. The van der Waals surface area contributed by atoms with Crippen LogP contribution >= 0.6 is 0 Å². The standard InChI is InChI=1S/C11H19NO3/c1-7-6-12(5-4-10(7)13)9-3-2-8(9)11(14)15/h7-10,13H,2-6H2,1H3,(H,14,15). The van der Waals surface area contributed by atoms with Gasteiger partial charge in [-0.25, -0.2) is 0 Å². The van der Waals surface area contributed by atoms with E-state index in [2.05, 4.69) is 4.90 Å². The van der Waals surface area contributed by atoms with Crippen molar-refractivity contribution in [3.63, 3.8) is 0 Å². The van der Waals surface area contributed by atoms with Crippen LogP contribution in [0.4, 0.5) is 0 Å². The number of aliphatic hydroxyl groups excluding tert-OH is 1. The minimum absolute atomic E-state index is 0.174. The van der Waals surface area contributed by atoms with E-state index in [1.165, 1.54) is 0 Å².